The molecule has 0 bridgehead atoms. The molecule has 1 heterocycles. The van der Waals surface area contributed by atoms with Crippen molar-refractivity contribution in [2.45, 2.75) is 30.8 Å². The summed E-state index contributed by atoms with van der Waals surface area (Å²) in [4.78, 5) is 22.9. The summed E-state index contributed by atoms with van der Waals surface area (Å²) in [7, 11) is 1.42. The van der Waals surface area contributed by atoms with Crippen LogP contribution in [0.5, 0.6) is 5.75 Å². The average molecular weight is 351 g/mol. The van der Waals surface area contributed by atoms with Gasteiger partial charge in [0.1, 0.15) is 17.8 Å². The Bertz CT molecular complexity index is 749. The largest absolute Gasteiger partial charge is 0.496 e. The molecule has 0 aliphatic rings. The number of methoxy groups -OCH3 is 1. The van der Waals surface area contributed by atoms with E-state index in [-0.39, 0.29) is 17.3 Å². The fraction of sp³-hybridized carbons (Fsp3) is 0.357. The SMILES string of the molecule is CCn1cnnc1S[C@@H](C)C(=O)Nc1ccc(OC)cc1[N+](=O)[O-]. The summed E-state index contributed by atoms with van der Waals surface area (Å²) in [6, 6.07) is 4.26. The molecule has 128 valence electrons. The van der Waals surface area contributed by atoms with Crippen molar-refractivity contribution in [1.82, 2.24) is 14.8 Å². The van der Waals surface area contributed by atoms with Gasteiger partial charge < -0.3 is 14.6 Å². The first-order valence-corrected chi connectivity index (χ1v) is 8.02. The molecule has 1 N–H and O–H groups in total. The molecule has 0 saturated heterocycles. The van der Waals surface area contributed by atoms with Gasteiger partial charge in [0.2, 0.25) is 5.91 Å². The number of hydrogen-bond acceptors (Lipinski definition) is 7. The zero-order chi connectivity index (χ0) is 17.7. The van der Waals surface area contributed by atoms with Crippen LogP contribution in [0.25, 0.3) is 0 Å². The molecule has 9 nitrogen and oxygen atoms in total. The summed E-state index contributed by atoms with van der Waals surface area (Å²) in [5.74, 6) is -0.0166. The van der Waals surface area contributed by atoms with Crippen LogP contribution < -0.4 is 10.1 Å². The maximum Gasteiger partial charge on any atom is 0.296 e. The maximum absolute atomic E-state index is 12.3. The fourth-order valence-corrected chi connectivity index (χ4v) is 2.78. The quantitative estimate of drug-likeness (QED) is 0.463. The zero-order valence-electron chi connectivity index (χ0n) is 13.4. The Morgan fingerprint density at radius 3 is 2.92 bits per heavy atom. The number of aryl methyl sites for hydroxylation is 1. The lowest BCUT2D eigenvalue weighted by Gasteiger charge is -2.12. The van der Waals surface area contributed by atoms with Gasteiger partial charge in [0, 0.05) is 6.54 Å². The van der Waals surface area contributed by atoms with Crippen LogP contribution >= 0.6 is 11.8 Å². The number of nitro groups is 1. The molecule has 1 aromatic carbocycles. The monoisotopic (exact) mass is 351 g/mol. The van der Waals surface area contributed by atoms with E-state index in [1.165, 1.54) is 31.0 Å². The van der Waals surface area contributed by atoms with Gasteiger partial charge in [-0.2, -0.15) is 0 Å². The number of thioether (sulfide) groups is 1. The molecule has 0 spiro atoms. The second-order valence-corrected chi connectivity index (χ2v) is 6.10. The molecule has 0 unspecified atom stereocenters. The Hall–Kier alpha value is -2.62. The lowest BCUT2D eigenvalue weighted by Crippen LogP contribution is -2.23. The molecule has 2 aromatic rings. The lowest BCUT2D eigenvalue weighted by atomic mass is 10.2. The number of rotatable bonds is 7. The molecule has 24 heavy (non-hydrogen) atoms. The molecule has 0 saturated carbocycles. The summed E-state index contributed by atoms with van der Waals surface area (Å²) < 4.78 is 6.78. The highest BCUT2D eigenvalue weighted by Gasteiger charge is 2.22. The average Bonchev–Trinajstić information content (AvgIpc) is 3.01. The summed E-state index contributed by atoms with van der Waals surface area (Å²) in [5.41, 5.74) is -0.105. The minimum Gasteiger partial charge on any atom is -0.496 e. The molecule has 2 rings (SSSR count). The fourth-order valence-electron chi connectivity index (χ4n) is 1.89. The van der Waals surface area contributed by atoms with Gasteiger partial charge in [-0.25, -0.2) is 0 Å². The van der Waals surface area contributed by atoms with E-state index < -0.39 is 10.2 Å². The summed E-state index contributed by atoms with van der Waals surface area (Å²) in [6.45, 7) is 4.33. The van der Waals surface area contributed by atoms with E-state index in [4.69, 9.17) is 4.74 Å². The Balaban J connectivity index is 2.12. The van der Waals surface area contributed by atoms with Gasteiger partial charge in [0.15, 0.2) is 5.16 Å². The molecule has 1 aromatic heterocycles. The van der Waals surface area contributed by atoms with E-state index in [0.29, 0.717) is 17.5 Å². The Morgan fingerprint density at radius 1 is 1.54 bits per heavy atom. The number of hydrogen-bond donors (Lipinski definition) is 1. The third kappa shape index (κ3) is 4.02. The van der Waals surface area contributed by atoms with Crippen LogP contribution in [-0.4, -0.2) is 38.0 Å². The van der Waals surface area contributed by atoms with E-state index >= 15 is 0 Å². The van der Waals surface area contributed by atoms with Crippen molar-refractivity contribution in [3.05, 3.63) is 34.6 Å². The smallest absolute Gasteiger partial charge is 0.296 e. The molecular formula is C14H17N5O4S. The number of carbonyl (C=O) groups excluding carboxylic acids is 1. The molecule has 1 atom stereocenters. The van der Waals surface area contributed by atoms with Crippen LogP contribution in [0.3, 0.4) is 0 Å². The van der Waals surface area contributed by atoms with Gasteiger partial charge >= 0.3 is 0 Å². The van der Waals surface area contributed by atoms with Gasteiger partial charge in [-0.05, 0) is 26.0 Å². The molecule has 0 aliphatic heterocycles. The van der Waals surface area contributed by atoms with Gasteiger partial charge in [-0.15, -0.1) is 10.2 Å². The second kappa shape index (κ2) is 7.77. The molecule has 0 aliphatic carbocycles. The van der Waals surface area contributed by atoms with Crippen LogP contribution in [-0.2, 0) is 11.3 Å². The second-order valence-electron chi connectivity index (χ2n) is 4.79. The molecule has 0 fully saturated rings. The number of carbonyl (C=O) groups is 1. The maximum atomic E-state index is 12.3. The van der Waals surface area contributed by atoms with Crippen molar-refractivity contribution in [1.29, 1.82) is 0 Å². The third-order valence-corrected chi connectivity index (χ3v) is 4.33. The van der Waals surface area contributed by atoms with Gasteiger partial charge in [0.05, 0.1) is 23.3 Å². The van der Waals surface area contributed by atoms with Gasteiger partial charge in [-0.1, -0.05) is 11.8 Å². The topological polar surface area (TPSA) is 112 Å². The lowest BCUT2D eigenvalue weighted by molar-refractivity contribution is -0.384. The highest BCUT2D eigenvalue weighted by molar-refractivity contribution is 8.00. The number of nitro benzene ring substituents is 1. The molecule has 1 amide bonds. The van der Waals surface area contributed by atoms with E-state index in [9.17, 15) is 14.9 Å². The summed E-state index contributed by atoms with van der Waals surface area (Å²) >= 11 is 1.23. The number of amides is 1. The van der Waals surface area contributed by atoms with Crippen molar-refractivity contribution in [3.63, 3.8) is 0 Å². The van der Waals surface area contributed by atoms with Crippen molar-refractivity contribution < 1.29 is 14.5 Å². The summed E-state index contributed by atoms with van der Waals surface area (Å²) in [6.07, 6.45) is 1.58. The molecule has 0 radical (unpaired) electrons. The summed E-state index contributed by atoms with van der Waals surface area (Å²) in [5, 5.41) is 21.6. The Morgan fingerprint density at radius 2 is 2.29 bits per heavy atom. The molecule has 10 heteroatoms. The number of benzene rings is 1. The predicted octanol–water partition coefficient (Wildman–Crippen LogP) is 2.33. The first-order valence-electron chi connectivity index (χ1n) is 7.14. The predicted molar refractivity (Wildman–Crippen MR) is 89.3 cm³/mol. The van der Waals surface area contributed by atoms with Crippen LogP contribution in [0.1, 0.15) is 13.8 Å². The van der Waals surface area contributed by atoms with Crippen molar-refractivity contribution in [3.8, 4) is 5.75 Å². The van der Waals surface area contributed by atoms with Crippen LogP contribution in [0, 0.1) is 10.1 Å². The first kappa shape index (κ1) is 17.7. The number of ether oxygens (including phenoxy) is 1. The van der Waals surface area contributed by atoms with E-state index in [2.05, 4.69) is 15.5 Å². The number of nitrogens with zero attached hydrogens (tertiary/aromatic N) is 4. The minimum absolute atomic E-state index is 0.121. The van der Waals surface area contributed by atoms with Crippen LogP contribution in [0.2, 0.25) is 0 Å². The van der Waals surface area contributed by atoms with Crippen molar-refractivity contribution in [2.75, 3.05) is 12.4 Å². The number of anilines is 1. The Kier molecular flexibility index (Phi) is 5.74. The van der Waals surface area contributed by atoms with E-state index in [1.807, 2.05) is 11.5 Å². The number of nitrogens with one attached hydrogen (secondary N) is 1. The Labute approximate surface area is 142 Å². The van der Waals surface area contributed by atoms with Crippen LogP contribution in [0.4, 0.5) is 11.4 Å². The van der Waals surface area contributed by atoms with Crippen LogP contribution in [0.15, 0.2) is 29.7 Å². The van der Waals surface area contributed by atoms with Gasteiger partial charge in [-0.3, -0.25) is 14.9 Å². The first-order chi connectivity index (χ1) is 11.5. The minimum atomic E-state index is -0.566. The standard InChI is InChI=1S/C14H17N5O4S/c1-4-18-8-15-17-14(18)24-9(2)13(20)16-11-6-5-10(23-3)7-12(11)19(21)22/h5-9H,4H2,1-3H3,(H,16,20)/t9-/m0/s1. The molecular weight excluding hydrogens is 334 g/mol. The van der Waals surface area contributed by atoms with Crippen molar-refractivity contribution in [2.24, 2.45) is 0 Å². The highest BCUT2D eigenvalue weighted by atomic mass is 32.2. The van der Waals surface area contributed by atoms with Crippen molar-refractivity contribution >= 4 is 29.0 Å². The van der Waals surface area contributed by atoms with E-state index in [0.717, 1.165) is 0 Å². The zero-order valence-corrected chi connectivity index (χ0v) is 14.2. The van der Waals surface area contributed by atoms with E-state index in [1.54, 1.807) is 19.3 Å². The number of aromatic nitrogens is 3. The third-order valence-electron chi connectivity index (χ3n) is 3.23. The normalized spacial score (nSPS) is 11.8. The highest BCUT2D eigenvalue weighted by Crippen LogP contribution is 2.30. The van der Waals surface area contributed by atoms with Gasteiger partial charge in [0.25, 0.3) is 5.69 Å².